The van der Waals surface area contributed by atoms with E-state index in [9.17, 15) is 10.1 Å². The van der Waals surface area contributed by atoms with Gasteiger partial charge in [-0.15, -0.1) is 0 Å². The summed E-state index contributed by atoms with van der Waals surface area (Å²) in [6.07, 6.45) is 0. The van der Waals surface area contributed by atoms with Crippen molar-refractivity contribution in [2.24, 2.45) is 0 Å². The molecule has 0 heterocycles. The fourth-order valence-electron chi connectivity index (χ4n) is 1.41. The largest absolute Gasteiger partial charge is 0.378 e. The third-order valence-electron chi connectivity index (χ3n) is 2.22. The van der Waals surface area contributed by atoms with Gasteiger partial charge in [-0.05, 0) is 25.1 Å². The maximum Gasteiger partial charge on any atom is 0.292 e. The Labute approximate surface area is 95.0 Å². The molecule has 0 atom stereocenters. The minimum absolute atomic E-state index is 0.127. The molecule has 0 bridgehead atoms. The molecule has 0 aliphatic rings. The number of aryl methyl sites for hydroxylation is 1. The highest BCUT2D eigenvalue weighted by atomic mass is 16.6. The van der Waals surface area contributed by atoms with Crippen molar-refractivity contribution in [2.75, 3.05) is 25.0 Å². The van der Waals surface area contributed by atoms with Gasteiger partial charge in [0.05, 0.1) is 4.92 Å². The molecule has 0 aliphatic heterocycles. The van der Waals surface area contributed by atoms with Crippen LogP contribution < -0.4 is 10.6 Å². The molecule has 5 nitrogen and oxygen atoms in total. The van der Waals surface area contributed by atoms with Gasteiger partial charge in [0, 0.05) is 19.2 Å². The van der Waals surface area contributed by atoms with E-state index >= 15 is 0 Å². The van der Waals surface area contributed by atoms with Crippen molar-refractivity contribution in [1.29, 1.82) is 0 Å². The van der Waals surface area contributed by atoms with Crippen molar-refractivity contribution in [1.82, 2.24) is 5.32 Å². The number of nitrogens with zero attached hydrogens (tertiary/aromatic N) is 1. The smallest absolute Gasteiger partial charge is 0.292 e. The molecule has 1 aromatic rings. The minimum Gasteiger partial charge on any atom is -0.378 e. The summed E-state index contributed by atoms with van der Waals surface area (Å²) in [7, 11) is 0. The Kier molecular flexibility index (Phi) is 4.72. The van der Waals surface area contributed by atoms with E-state index in [0.29, 0.717) is 12.2 Å². The van der Waals surface area contributed by atoms with Crippen LogP contribution in [-0.4, -0.2) is 24.6 Å². The first-order chi connectivity index (χ1) is 7.65. The summed E-state index contributed by atoms with van der Waals surface area (Å²) in [6.45, 7) is 6.31. The lowest BCUT2D eigenvalue weighted by Crippen LogP contribution is -2.21. The Morgan fingerprint density at radius 2 is 2.12 bits per heavy atom. The summed E-state index contributed by atoms with van der Waals surface area (Å²) >= 11 is 0. The van der Waals surface area contributed by atoms with Crippen LogP contribution in [0.3, 0.4) is 0 Å². The van der Waals surface area contributed by atoms with Gasteiger partial charge in [0.1, 0.15) is 5.69 Å². The molecule has 5 heteroatoms. The number of rotatable bonds is 6. The van der Waals surface area contributed by atoms with Crippen LogP contribution in [0, 0.1) is 17.0 Å². The number of hydrogen-bond donors (Lipinski definition) is 2. The van der Waals surface area contributed by atoms with E-state index in [-0.39, 0.29) is 10.6 Å². The molecule has 0 amide bonds. The summed E-state index contributed by atoms with van der Waals surface area (Å²) < 4.78 is 0. The number of hydrogen-bond acceptors (Lipinski definition) is 4. The number of anilines is 1. The predicted octanol–water partition coefficient (Wildman–Crippen LogP) is 1.92. The van der Waals surface area contributed by atoms with Gasteiger partial charge in [0.25, 0.3) is 5.69 Å². The first kappa shape index (κ1) is 12.4. The molecule has 0 spiro atoms. The molecule has 0 saturated carbocycles. The fourth-order valence-corrected chi connectivity index (χ4v) is 1.41. The van der Waals surface area contributed by atoms with Gasteiger partial charge in [-0.3, -0.25) is 10.1 Å². The topological polar surface area (TPSA) is 67.2 Å². The van der Waals surface area contributed by atoms with E-state index in [0.717, 1.165) is 18.7 Å². The molecule has 16 heavy (non-hydrogen) atoms. The molecule has 0 aliphatic carbocycles. The van der Waals surface area contributed by atoms with Crippen molar-refractivity contribution < 1.29 is 4.92 Å². The molecule has 1 rings (SSSR count). The molecule has 0 unspecified atom stereocenters. The second kappa shape index (κ2) is 6.07. The lowest BCUT2D eigenvalue weighted by molar-refractivity contribution is -0.384. The van der Waals surface area contributed by atoms with Crippen LogP contribution in [0.15, 0.2) is 18.2 Å². The Morgan fingerprint density at radius 1 is 1.38 bits per heavy atom. The molecule has 0 fully saturated rings. The maximum atomic E-state index is 10.8. The molecule has 0 aromatic heterocycles. The van der Waals surface area contributed by atoms with Crippen LogP contribution in [0.2, 0.25) is 0 Å². The molecule has 88 valence electrons. The number of nitro benzene ring substituents is 1. The summed E-state index contributed by atoms with van der Waals surface area (Å²) in [5.41, 5.74) is 1.72. The number of nitrogens with one attached hydrogen (secondary N) is 2. The standard InChI is InChI=1S/C11H17N3O2/c1-3-12-6-7-13-10-8-9(2)4-5-11(10)14(15)16/h4-5,8,12-13H,3,6-7H2,1-2H3. The van der Waals surface area contributed by atoms with Gasteiger partial charge in [-0.2, -0.15) is 0 Å². The van der Waals surface area contributed by atoms with E-state index in [1.807, 2.05) is 13.8 Å². The third kappa shape index (κ3) is 3.51. The molecule has 2 N–H and O–H groups in total. The Balaban J connectivity index is 2.68. The Hall–Kier alpha value is -1.62. The van der Waals surface area contributed by atoms with Crippen LogP contribution in [0.4, 0.5) is 11.4 Å². The average molecular weight is 223 g/mol. The predicted molar refractivity (Wildman–Crippen MR) is 64.9 cm³/mol. The molecular weight excluding hydrogens is 206 g/mol. The van der Waals surface area contributed by atoms with E-state index in [2.05, 4.69) is 10.6 Å². The molecule has 1 aromatic carbocycles. The lowest BCUT2D eigenvalue weighted by Gasteiger charge is -2.08. The van der Waals surface area contributed by atoms with E-state index < -0.39 is 0 Å². The summed E-state index contributed by atoms with van der Waals surface area (Å²) in [5.74, 6) is 0. The Bertz CT molecular complexity index is 366. The van der Waals surface area contributed by atoms with Crippen LogP contribution in [0.25, 0.3) is 0 Å². The summed E-state index contributed by atoms with van der Waals surface area (Å²) in [4.78, 5) is 10.4. The second-order valence-electron chi connectivity index (χ2n) is 3.56. The molecule has 0 radical (unpaired) electrons. The monoisotopic (exact) mass is 223 g/mol. The first-order valence-corrected chi connectivity index (χ1v) is 5.34. The highest BCUT2D eigenvalue weighted by Crippen LogP contribution is 2.24. The van der Waals surface area contributed by atoms with Gasteiger partial charge in [-0.25, -0.2) is 0 Å². The number of nitro groups is 1. The van der Waals surface area contributed by atoms with Gasteiger partial charge >= 0.3 is 0 Å². The highest BCUT2D eigenvalue weighted by Gasteiger charge is 2.12. The van der Waals surface area contributed by atoms with E-state index in [1.54, 1.807) is 12.1 Å². The van der Waals surface area contributed by atoms with Crippen molar-refractivity contribution >= 4 is 11.4 Å². The number of likely N-dealkylation sites (N-methyl/N-ethyl adjacent to an activating group) is 1. The second-order valence-corrected chi connectivity index (χ2v) is 3.56. The van der Waals surface area contributed by atoms with Gasteiger partial charge in [0.2, 0.25) is 0 Å². The third-order valence-corrected chi connectivity index (χ3v) is 2.22. The normalized spacial score (nSPS) is 10.1. The zero-order chi connectivity index (χ0) is 12.0. The van der Waals surface area contributed by atoms with Crippen molar-refractivity contribution in [3.05, 3.63) is 33.9 Å². The molecular formula is C11H17N3O2. The highest BCUT2D eigenvalue weighted by molar-refractivity contribution is 5.62. The van der Waals surface area contributed by atoms with E-state index in [4.69, 9.17) is 0 Å². The Morgan fingerprint density at radius 3 is 2.75 bits per heavy atom. The van der Waals surface area contributed by atoms with Crippen LogP contribution in [0.1, 0.15) is 12.5 Å². The van der Waals surface area contributed by atoms with Gasteiger partial charge in [-0.1, -0.05) is 13.0 Å². The summed E-state index contributed by atoms with van der Waals surface area (Å²) in [6, 6.07) is 5.07. The average Bonchev–Trinajstić information content (AvgIpc) is 2.24. The minimum atomic E-state index is -0.366. The maximum absolute atomic E-state index is 10.8. The molecule has 0 saturated heterocycles. The van der Waals surface area contributed by atoms with Crippen LogP contribution in [-0.2, 0) is 0 Å². The summed E-state index contributed by atoms with van der Waals surface area (Å²) in [5, 5.41) is 17.0. The fraction of sp³-hybridized carbons (Fsp3) is 0.455. The van der Waals surface area contributed by atoms with Crippen LogP contribution in [0.5, 0.6) is 0 Å². The van der Waals surface area contributed by atoms with Crippen molar-refractivity contribution in [2.45, 2.75) is 13.8 Å². The lowest BCUT2D eigenvalue weighted by atomic mass is 10.2. The van der Waals surface area contributed by atoms with Crippen LogP contribution >= 0.6 is 0 Å². The van der Waals surface area contributed by atoms with Gasteiger partial charge in [0.15, 0.2) is 0 Å². The van der Waals surface area contributed by atoms with Crippen molar-refractivity contribution in [3.63, 3.8) is 0 Å². The number of benzene rings is 1. The first-order valence-electron chi connectivity index (χ1n) is 5.34. The quantitative estimate of drug-likeness (QED) is 0.439. The van der Waals surface area contributed by atoms with Crippen molar-refractivity contribution in [3.8, 4) is 0 Å². The van der Waals surface area contributed by atoms with E-state index in [1.165, 1.54) is 6.07 Å². The zero-order valence-corrected chi connectivity index (χ0v) is 9.62. The SMILES string of the molecule is CCNCCNc1cc(C)ccc1[N+](=O)[O-]. The zero-order valence-electron chi connectivity index (χ0n) is 9.62. The van der Waals surface area contributed by atoms with Gasteiger partial charge < -0.3 is 10.6 Å².